The van der Waals surface area contributed by atoms with Gasteiger partial charge in [0.2, 0.25) is 0 Å². The summed E-state index contributed by atoms with van der Waals surface area (Å²) in [6, 6.07) is 9.72. The van der Waals surface area contributed by atoms with E-state index in [-0.39, 0.29) is 6.04 Å². The lowest BCUT2D eigenvalue weighted by Crippen LogP contribution is -2.18. The second-order valence-electron chi connectivity index (χ2n) is 4.11. The molecule has 2 aromatic carbocycles. The molecular formula is C13H14BrNO. The molecule has 0 aliphatic rings. The van der Waals surface area contributed by atoms with Gasteiger partial charge >= 0.3 is 0 Å². The van der Waals surface area contributed by atoms with Gasteiger partial charge in [0.25, 0.3) is 0 Å². The number of nitrogens with two attached hydrogens (primary N) is 1. The van der Waals surface area contributed by atoms with E-state index in [1.54, 1.807) is 6.07 Å². The van der Waals surface area contributed by atoms with Crippen LogP contribution >= 0.6 is 15.9 Å². The van der Waals surface area contributed by atoms with Gasteiger partial charge in [0.15, 0.2) is 0 Å². The molecule has 2 nitrogen and oxygen atoms in total. The van der Waals surface area contributed by atoms with E-state index in [2.05, 4.69) is 15.9 Å². The Balaban J connectivity index is 2.64. The first kappa shape index (κ1) is 11.4. The minimum absolute atomic E-state index is 0.0418. The average Bonchev–Trinajstić information content (AvgIpc) is 2.22. The zero-order chi connectivity index (χ0) is 11.7. The van der Waals surface area contributed by atoms with Crippen LogP contribution in [-0.2, 0) is 6.42 Å². The van der Waals surface area contributed by atoms with Crippen molar-refractivity contribution in [1.82, 2.24) is 0 Å². The van der Waals surface area contributed by atoms with Crippen LogP contribution in [0.2, 0.25) is 0 Å². The molecule has 0 radical (unpaired) electrons. The van der Waals surface area contributed by atoms with Crippen LogP contribution in [-0.4, -0.2) is 11.1 Å². The van der Waals surface area contributed by atoms with Crippen molar-refractivity contribution < 1.29 is 5.11 Å². The van der Waals surface area contributed by atoms with E-state index < -0.39 is 0 Å². The van der Waals surface area contributed by atoms with Gasteiger partial charge in [-0.15, -0.1) is 0 Å². The molecule has 0 amide bonds. The van der Waals surface area contributed by atoms with Gasteiger partial charge in [-0.2, -0.15) is 0 Å². The van der Waals surface area contributed by atoms with Crippen molar-refractivity contribution in [3.8, 4) is 5.75 Å². The van der Waals surface area contributed by atoms with Gasteiger partial charge < -0.3 is 10.8 Å². The van der Waals surface area contributed by atoms with Gasteiger partial charge in [-0.1, -0.05) is 28.1 Å². The number of rotatable bonds is 2. The Labute approximate surface area is 103 Å². The van der Waals surface area contributed by atoms with Crippen LogP contribution in [0.4, 0.5) is 0 Å². The van der Waals surface area contributed by atoms with E-state index in [1.165, 1.54) is 0 Å². The van der Waals surface area contributed by atoms with E-state index in [9.17, 15) is 5.11 Å². The molecule has 1 unspecified atom stereocenters. The second-order valence-corrected chi connectivity index (χ2v) is 5.03. The SMILES string of the molecule is CC(N)Cc1c(O)ccc2cc(Br)ccc12. The summed E-state index contributed by atoms with van der Waals surface area (Å²) < 4.78 is 1.04. The predicted molar refractivity (Wildman–Crippen MR) is 70.7 cm³/mol. The fraction of sp³-hybridized carbons (Fsp3) is 0.231. The number of hydrogen-bond acceptors (Lipinski definition) is 2. The van der Waals surface area contributed by atoms with Crippen LogP contribution in [0.3, 0.4) is 0 Å². The molecule has 84 valence electrons. The topological polar surface area (TPSA) is 46.2 Å². The van der Waals surface area contributed by atoms with Crippen LogP contribution in [0.15, 0.2) is 34.8 Å². The second kappa shape index (κ2) is 4.44. The summed E-state index contributed by atoms with van der Waals surface area (Å²) in [6.07, 6.45) is 0.685. The third-order valence-corrected chi connectivity index (χ3v) is 3.09. The third kappa shape index (κ3) is 2.20. The number of benzene rings is 2. The van der Waals surface area contributed by atoms with E-state index in [0.717, 1.165) is 20.8 Å². The molecule has 2 rings (SSSR count). The Morgan fingerprint density at radius 3 is 2.75 bits per heavy atom. The summed E-state index contributed by atoms with van der Waals surface area (Å²) in [5.41, 5.74) is 6.72. The molecule has 1 atom stereocenters. The van der Waals surface area contributed by atoms with Crippen molar-refractivity contribution in [2.75, 3.05) is 0 Å². The van der Waals surface area contributed by atoms with Gasteiger partial charge in [-0.05, 0) is 42.3 Å². The Morgan fingerprint density at radius 1 is 1.31 bits per heavy atom. The molecule has 0 aliphatic carbocycles. The first-order valence-corrected chi connectivity index (χ1v) is 6.03. The van der Waals surface area contributed by atoms with Crippen molar-refractivity contribution >= 4 is 26.7 Å². The molecule has 0 saturated carbocycles. The lowest BCUT2D eigenvalue weighted by atomic mass is 9.98. The maximum atomic E-state index is 9.86. The molecule has 0 fully saturated rings. The quantitative estimate of drug-likeness (QED) is 0.887. The molecule has 0 aromatic heterocycles. The highest BCUT2D eigenvalue weighted by atomic mass is 79.9. The fourth-order valence-corrected chi connectivity index (χ4v) is 2.27. The fourth-order valence-electron chi connectivity index (χ4n) is 1.89. The number of halogens is 1. The smallest absolute Gasteiger partial charge is 0.119 e. The monoisotopic (exact) mass is 279 g/mol. The maximum absolute atomic E-state index is 9.86. The number of fused-ring (bicyclic) bond motifs is 1. The standard InChI is InChI=1S/C13H14BrNO/c1-8(15)6-12-11-4-3-10(14)7-9(11)2-5-13(12)16/h2-5,7-8,16H,6,15H2,1H3. The predicted octanol–water partition coefficient (Wildman–Crippen LogP) is 3.20. The molecule has 16 heavy (non-hydrogen) atoms. The van der Waals surface area contributed by atoms with E-state index >= 15 is 0 Å². The lowest BCUT2D eigenvalue weighted by molar-refractivity contribution is 0.467. The summed E-state index contributed by atoms with van der Waals surface area (Å²) in [5, 5.41) is 12.0. The number of aromatic hydroxyl groups is 1. The summed E-state index contributed by atoms with van der Waals surface area (Å²) in [5.74, 6) is 0.326. The van der Waals surface area contributed by atoms with E-state index in [0.29, 0.717) is 12.2 Å². The molecule has 0 saturated heterocycles. The van der Waals surface area contributed by atoms with Crippen molar-refractivity contribution in [2.24, 2.45) is 5.73 Å². The Hall–Kier alpha value is -1.06. The summed E-state index contributed by atoms with van der Waals surface area (Å²) in [7, 11) is 0. The third-order valence-electron chi connectivity index (χ3n) is 2.59. The highest BCUT2D eigenvalue weighted by molar-refractivity contribution is 9.10. The first-order chi connectivity index (χ1) is 7.58. The average molecular weight is 280 g/mol. The maximum Gasteiger partial charge on any atom is 0.119 e. The lowest BCUT2D eigenvalue weighted by Gasteiger charge is -2.11. The molecule has 0 spiro atoms. The van der Waals surface area contributed by atoms with Crippen LogP contribution < -0.4 is 5.73 Å². The van der Waals surface area contributed by atoms with Gasteiger partial charge in [-0.25, -0.2) is 0 Å². The minimum atomic E-state index is 0.0418. The zero-order valence-corrected chi connectivity index (χ0v) is 10.7. The van der Waals surface area contributed by atoms with Crippen molar-refractivity contribution in [3.05, 3.63) is 40.4 Å². The highest BCUT2D eigenvalue weighted by Gasteiger charge is 2.09. The van der Waals surface area contributed by atoms with Gasteiger partial charge in [0.1, 0.15) is 5.75 Å². The van der Waals surface area contributed by atoms with Crippen molar-refractivity contribution in [1.29, 1.82) is 0 Å². The summed E-state index contributed by atoms with van der Waals surface area (Å²) in [6.45, 7) is 1.94. The van der Waals surface area contributed by atoms with Crippen LogP contribution in [0.5, 0.6) is 5.75 Å². The number of hydrogen-bond donors (Lipinski definition) is 2. The molecule has 3 N–H and O–H groups in total. The largest absolute Gasteiger partial charge is 0.508 e. The molecule has 0 heterocycles. The van der Waals surface area contributed by atoms with E-state index in [1.807, 2.05) is 31.2 Å². The van der Waals surface area contributed by atoms with Crippen LogP contribution in [0, 0.1) is 0 Å². The van der Waals surface area contributed by atoms with Crippen molar-refractivity contribution in [2.45, 2.75) is 19.4 Å². The molecule has 3 heteroatoms. The van der Waals surface area contributed by atoms with Gasteiger partial charge in [0.05, 0.1) is 0 Å². The molecule has 2 aromatic rings. The minimum Gasteiger partial charge on any atom is -0.508 e. The number of phenols is 1. The van der Waals surface area contributed by atoms with Gasteiger partial charge in [0, 0.05) is 16.1 Å². The summed E-state index contributed by atoms with van der Waals surface area (Å²) >= 11 is 3.44. The Morgan fingerprint density at radius 2 is 2.06 bits per heavy atom. The van der Waals surface area contributed by atoms with Gasteiger partial charge in [-0.3, -0.25) is 0 Å². The Kier molecular flexibility index (Phi) is 3.17. The number of phenolic OH excluding ortho intramolecular Hbond substituents is 1. The van der Waals surface area contributed by atoms with Crippen molar-refractivity contribution in [3.63, 3.8) is 0 Å². The Bertz CT molecular complexity index is 523. The highest BCUT2D eigenvalue weighted by Crippen LogP contribution is 2.29. The summed E-state index contributed by atoms with van der Waals surface area (Å²) in [4.78, 5) is 0. The van der Waals surface area contributed by atoms with Crippen LogP contribution in [0.25, 0.3) is 10.8 Å². The normalized spacial score (nSPS) is 12.9. The first-order valence-electron chi connectivity index (χ1n) is 5.23. The van der Waals surface area contributed by atoms with E-state index in [4.69, 9.17) is 5.73 Å². The molecule has 0 bridgehead atoms. The zero-order valence-electron chi connectivity index (χ0n) is 9.07. The van der Waals surface area contributed by atoms with Crippen LogP contribution in [0.1, 0.15) is 12.5 Å². The molecule has 0 aliphatic heterocycles. The molecular weight excluding hydrogens is 266 g/mol.